The molecule has 1 aliphatic heterocycles. The molecule has 1 unspecified atom stereocenters. The monoisotopic (exact) mass is 460 g/mol. The van der Waals surface area contributed by atoms with Crippen LogP contribution < -0.4 is 4.74 Å². The van der Waals surface area contributed by atoms with Gasteiger partial charge < -0.3 is 19.1 Å². The van der Waals surface area contributed by atoms with Gasteiger partial charge in [-0.05, 0) is 23.3 Å². The minimum absolute atomic E-state index is 0.278. The third kappa shape index (κ3) is 5.66. The average molecular weight is 461 g/mol. The summed E-state index contributed by atoms with van der Waals surface area (Å²) in [6.07, 6.45) is 1.97. The molecule has 178 valence electrons. The molecular weight excluding hydrogens is 426 g/mol. The number of carbonyl (C=O) groups excluding carboxylic acids is 1. The van der Waals surface area contributed by atoms with Crippen molar-refractivity contribution in [2.75, 3.05) is 39.9 Å². The third-order valence-electron chi connectivity index (χ3n) is 6.76. The Balaban J connectivity index is 1.31. The highest BCUT2D eigenvalue weighted by Gasteiger charge is 2.43. The van der Waals surface area contributed by atoms with E-state index in [2.05, 4.69) is 7.05 Å². The first-order valence-corrected chi connectivity index (χ1v) is 12.0. The maximum absolute atomic E-state index is 13.2. The summed E-state index contributed by atoms with van der Waals surface area (Å²) in [5.74, 6) is 0.558. The molecule has 0 radical (unpaired) electrons. The molecule has 0 aliphatic carbocycles. The number of quaternary nitrogens is 1. The maximum Gasteiger partial charge on any atom is 0.347 e. The Kier molecular flexibility index (Phi) is 7.66. The molecule has 1 aliphatic rings. The fourth-order valence-corrected chi connectivity index (χ4v) is 4.85. The molecule has 5 heteroatoms. The SMILES string of the molecule is C[N+]1(CCCOc2ccccc2)CC[C@H](COC(=O)C(O)(c2ccccc2)c2ccccc2)C1. The number of rotatable bonds is 10. The standard InChI is InChI=1S/C29H34NO4/c1-30(19-11-21-33-27-16-9-4-10-17-27)20-18-24(22-30)23-34-28(31)29(32,25-12-5-2-6-13-25)26-14-7-3-8-15-26/h2-10,12-17,24,32H,11,18-23H2,1H3/q+1/t24-,30?/m0/s1. The summed E-state index contributed by atoms with van der Waals surface area (Å²) >= 11 is 0. The largest absolute Gasteiger partial charge is 0.493 e. The Morgan fingerprint density at radius 2 is 1.50 bits per heavy atom. The molecule has 0 bridgehead atoms. The third-order valence-corrected chi connectivity index (χ3v) is 6.76. The Morgan fingerprint density at radius 3 is 2.09 bits per heavy atom. The van der Waals surface area contributed by atoms with Crippen molar-refractivity contribution in [1.82, 2.24) is 0 Å². The van der Waals surface area contributed by atoms with Crippen LogP contribution >= 0.6 is 0 Å². The van der Waals surface area contributed by atoms with Crippen molar-refractivity contribution >= 4 is 5.97 Å². The van der Waals surface area contributed by atoms with E-state index in [1.807, 2.05) is 66.7 Å². The van der Waals surface area contributed by atoms with Crippen molar-refractivity contribution in [3.8, 4) is 5.75 Å². The van der Waals surface area contributed by atoms with Gasteiger partial charge in [0.05, 0.1) is 39.9 Å². The van der Waals surface area contributed by atoms with E-state index in [4.69, 9.17) is 9.47 Å². The molecule has 1 fully saturated rings. The van der Waals surface area contributed by atoms with Crippen LogP contribution in [0.4, 0.5) is 0 Å². The van der Waals surface area contributed by atoms with Crippen LogP contribution in [-0.4, -0.2) is 55.5 Å². The van der Waals surface area contributed by atoms with Crippen LogP contribution in [-0.2, 0) is 15.1 Å². The fourth-order valence-electron chi connectivity index (χ4n) is 4.85. The minimum atomic E-state index is -1.83. The number of carbonyl (C=O) groups is 1. The first-order valence-electron chi connectivity index (χ1n) is 12.0. The summed E-state index contributed by atoms with van der Waals surface area (Å²) in [7, 11) is 2.26. The smallest absolute Gasteiger partial charge is 0.347 e. The Labute approximate surface area is 202 Å². The van der Waals surface area contributed by atoms with Crippen LogP contribution in [0.15, 0.2) is 91.0 Å². The predicted octanol–water partition coefficient (Wildman–Crippen LogP) is 4.40. The lowest BCUT2D eigenvalue weighted by Crippen LogP contribution is -2.43. The van der Waals surface area contributed by atoms with E-state index in [0.29, 0.717) is 24.3 Å². The molecule has 34 heavy (non-hydrogen) atoms. The summed E-state index contributed by atoms with van der Waals surface area (Å²) in [5.41, 5.74) is -0.804. The molecule has 3 aromatic rings. The highest BCUT2D eigenvalue weighted by Crippen LogP contribution is 2.32. The number of esters is 1. The number of aliphatic hydroxyl groups is 1. The first-order chi connectivity index (χ1) is 16.5. The van der Waals surface area contributed by atoms with Gasteiger partial charge in [0, 0.05) is 18.8 Å². The Hall–Kier alpha value is -3.15. The average Bonchev–Trinajstić information content (AvgIpc) is 3.27. The van der Waals surface area contributed by atoms with Crippen LogP contribution in [0.5, 0.6) is 5.75 Å². The second-order valence-corrected chi connectivity index (χ2v) is 9.46. The number of para-hydroxylation sites is 1. The maximum atomic E-state index is 13.2. The van der Waals surface area contributed by atoms with Gasteiger partial charge in [0.15, 0.2) is 0 Å². The molecule has 4 rings (SSSR count). The van der Waals surface area contributed by atoms with Gasteiger partial charge in [0.25, 0.3) is 0 Å². The molecule has 1 saturated heterocycles. The van der Waals surface area contributed by atoms with Crippen molar-refractivity contribution in [3.63, 3.8) is 0 Å². The molecule has 1 N–H and O–H groups in total. The van der Waals surface area contributed by atoms with Crippen molar-refractivity contribution in [2.24, 2.45) is 5.92 Å². The molecule has 0 saturated carbocycles. The number of ether oxygens (including phenoxy) is 2. The van der Waals surface area contributed by atoms with E-state index < -0.39 is 11.6 Å². The normalized spacial score (nSPS) is 20.1. The number of benzene rings is 3. The lowest BCUT2D eigenvalue weighted by Gasteiger charge is -2.30. The summed E-state index contributed by atoms with van der Waals surface area (Å²) in [5, 5.41) is 11.5. The molecule has 1 heterocycles. The van der Waals surface area contributed by atoms with Gasteiger partial charge in [0.2, 0.25) is 5.60 Å². The van der Waals surface area contributed by atoms with Crippen molar-refractivity contribution < 1.29 is 23.9 Å². The molecular formula is C29H34NO4+. The highest BCUT2D eigenvalue weighted by atomic mass is 16.5. The number of hydrogen-bond donors (Lipinski definition) is 1. The lowest BCUT2D eigenvalue weighted by molar-refractivity contribution is -0.899. The van der Waals surface area contributed by atoms with Gasteiger partial charge in [-0.1, -0.05) is 78.9 Å². The van der Waals surface area contributed by atoms with Crippen molar-refractivity contribution in [1.29, 1.82) is 0 Å². The van der Waals surface area contributed by atoms with Crippen LogP contribution in [0.25, 0.3) is 0 Å². The van der Waals surface area contributed by atoms with E-state index in [1.54, 1.807) is 24.3 Å². The van der Waals surface area contributed by atoms with Gasteiger partial charge in [0.1, 0.15) is 5.75 Å². The van der Waals surface area contributed by atoms with Crippen LogP contribution in [0.2, 0.25) is 0 Å². The minimum Gasteiger partial charge on any atom is -0.493 e. The van der Waals surface area contributed by atoms with E-state index >= 15 is 0 Å². The van der Waals surface area contributed by atoms with Gasteiger partial charge in [-0.15, -0.1) is 0 Å². The molecule has 0 amide bonds. The van der Waals surface area contributed by atoms with Gasteiger partial charge in [-0.25, -0.2) is 4.79 Å². The summed E-state index contributed by atoms with van der Waals surface area (Å²) in [6, 6.07) is 27.9. The van der Waals surface area contributed by atoms with Crippen LogP contribution in [0, 0.1) is 5.92 Å². The summed E-state index contributed by atoms with van der Waals surface area (Å²) in [6.45, 7) is 4.03. The summed E-state index contributed by atoms with van der Waals surface area (Å²) < 4.78 is 12.5. The van der Waals surface area contributed by atoms with Crippen LogP contribution in [0.1, 0.15) is 24.0 Å². The van der Waals surface area contributed by atoms with Gasteiger partial charge in [-0.3, -0.25) is 0 Å². The molecule has 0 aromatic heterocycles. The quantitative estimate of drug-likeness (QED) is 0.277. The van der Waals surface area contributed by atoms with Gasteiger partial charge >= 0.3 is 5.97 Å². The Morgan fingerprint density at radius 1 is 0.941 bits per heavy atom. The second kappa shape index (κ2) is 10.9. The molecule has 3 aromatic carbocycles. The zero-order chi connectivity index (χ0) is 23.9. The lowest BCUT2D eigenvalue weighted by atomic mass is 9.86. The molecule has 5 nitrogen and oxygen atoms in total. The first kappa shape index (κ1) is 24.0. The number of hydrogen-bond acceptors (Lipinski definition) is 4. The van der Waals surface area contributed by atoms with E-state index in [9.17, 15) is 9.90 Å². The zero-order valence-electron chi connectivity index (χ0n) is 19.8. The van der Waals surface area contributed by atoms with Crippen molar-refractivity contribution in [2.45, 2.75) is 18.4 Å². The fraction of sp³-hybridized carbons (Fsp3) is 0.345. The van der Waals surface area contributed by atoms with E-state index in [0.717, 1.165) is 42.7 Å². The van der Waals surface area contributed by atoms with Crippen LogP contribution in [0.3, 0.4) is 0 Å². The van der Waals surface area contributed by atoms with Gasteiger partial charge in [-0.2, -0.15) is 0 Å². The molecule has 2 atom stereocenters. The Bertz CT molecular complexity index is 1000. The van der Waals surface area contributed by atoms with E-state index in [-0.39, 0.29) is 5.92 Å². The summed E-state index contributed by atoms with van der Waals surface area (Å²) in [4.78, 5) is 13.2. The predicted molar refractivity (Wildman–Crippen MR) is 132 cm³/mol. The molecule has 0 spiro atoms. The van der Waals surface area contributed by atoms with E-state index in [1.165, 1.54) is 0 Å². The van der Waals surface area contributed by atoms with Crippen molar-refractivity contribution in [3.05, 3.63) is 102 Å². The number of likely N-dealkylation sites (tertiary alicyclic amines) is 1. The second-order valence-electron chi connectivity index (χ2n) is 9.46. The zero-order valence-corrected chi connectivity index (χ0v) is 19.8. The number of nitrogens with zero attached hydrogens (tertiary/aromatic N) is 1. The topological polar surface area (TPSA) is 55.8 Å². The highest BCUT2D eigenvalue weighted by molar-refractivity contribution is 5.85.